The minimum atomic E-state index is 0.895. The molecule has 12 bridgehead atoms. The Morgan fingerprint density at radius 3 is 0.761 bits per heavy atom. The third-order valence-electron chi connectivity index (χ3n) is 10.8. The van der Waals surface area contributed by atoms with Crippen molar-refractivity contribution in [3.63, 3.8) is 0 Å². The summed E-state index contributed by atoms with van der Waals surface area (Å²) in [5.74, 6) is 0. The molecule has 0 saturated heterocycles. The molecule has 0 aliphatic carbocycles. The maximum atomic E-state index is 3.88. The average Bonchev–Trinajstić information content (AvgIpc) is 3.08. The van der Waals surface area contributed by atoms with E-state index >= 15 is 0 Å². The van der Waals surface area contributed by atoms with Crippen LogP contribution in [0.25, 0.3) is 0 Å². The Balaban J connectivity index is 1.07. The van der Waals surface area contributed by atoms with Crippen LogP contribution in [-0.2, 0) is 38.5 Å². The first kappa shape index (κ1) is 24.8. The second-order valence-corrected chi connectivity index (χ2v) is 13.8. The van der Waals surface area contributed by atoms with Crippen molar-refractivity contribution in [1.29, 1.82) is 0 Å². The highest BCUT2D eigenvalue weighted by Crippen LogP contribution is 2.47. The first-order valence-corrected chi connectivity index (χ1v) is 16.5. The van der Waals surface area contributed by atoms with E-state index in [1.165, 1.54) is 112 Å². The summed E-state index contributed by atoms with van der Waals surface area (Å²) >= 11 is 0. The van der Waals surface area contributed by atoms with Gasteiger partial charge in [-0.2, -0.15) is 0 Å². The van der Waals surface area contributed by atoms with Crippen LogP contribution in [0.4, 0.5) is 45.5 Å². The monoisotopic (exact) mass is 592 g/mol. The van der Waals surface area contributed by atoms with Gasteiger partial charge in [0.2, 0.25) is 0 Å². The third-order valence-corrected chi connectivity index (χ3v) is 10.8. The molecular formula is C42H32N4. The van der Waals surface area contributed by atoms with Gasteiger partial charge in [-0.1, -0.05) is 72.8 Å². The summed E-state index contributed by atoms with van der Waals surface area (Å²) in [6, 6.07) is 37.3. The molecule has 4 nitrogen and oxygen atoms in total. The Kier molecular flexibility index (Phi) is 4.88. The van der Waals surface area contributed by atoms with Crippen molar-refractivity contribution < 1.29 is 0 Å². The number of fused-ring (bicyclic) bond motifs is 4. The van der Waals surface area contributed by atoms with Gasteiger partial charge in [-0.3, -0.25) is 0 Å². The number of hydrogen-bond donors (Lipinski definition) is 4. The predicted molar refractivity (Wildman–Crippen MR) is 189 cm³/mol. The van der Waals surface area contributed by atoms with E-state index in [1.807, 2.05) is 0 Å². The van der Waals surface area contributed by atoms with Crippen LogP contribution in [-0.4, -0.2) is 0 Å². The second-order valence-electron chi connectivity index (χ2n) is 13.8. The molecule has 0 fully saturated rings. The van der Waals surface area contributed by atoms with Crippen LogP contribution in [0.5, 0.6) is 0 Å². The molecular weight excluding hydrogens is 560 g/mol. The van der Waals surface area contributed by atoms with E-state index in [0.717, 1.165) is 38.5 Å². The van der Waals surface area contributed by atoms with Crippen LogP contribution in [0, 0.1) is 0 Å². The van der Waals surface area contributed by atoms with E-state index in [2.05, 4.69) is 118 Å². The number of benzene rings is 6. The van der Waals surface area contributed by atoms with Crippen LogP contribution in [0.1, 0.15) is 66.8 Å². The Bertz CT molecular complexity index is 2010. The predicted octanol–water partition coefficient (Wildman–Crippen LogP) is 9.77. The van der Waals surface area contributed by atoms with E-state index < -0.39 is 0 Å². The molecule has 5 heterocycles. The van der Waals surface area contributed by atoms with Gasteiger partial charge in [0.1, 0.15) is 0 Å². The molecule has 6 aromatic rings. The zero-order chi connectivity index (χ0) is 29.9. The SMILES string of the molecule is c1cc2c3cc1Cc1ccc4c(c1)Nc1c(ccc5c1Nc1cc(ccc1C5)Cc1ccc5c(c1)Nc1c(ccc(c1N3)C2)C5)C4. The normalized spacial score (nSPS) is 15.1. The van der Waals surface area contributed by atoms with Crippen molar-refractivity contribution in [2.75, 3.05) is 21.3 Å². The second kappa shape index (κ2) is 9.04. The van der Waals surface area contributed by atoms with Gasteiger partial charge in [-0.15, -0.1) is 0 Å². The summed E-state index contributed by atoms with van der Waals surface area (Å²) in [5.41, 5.74) is 26.0. The van der Waals surface area contributed by atoms with Crippen molar-refractivity contribution in [2.24, 2.45) is 0 Å². The lowest BCUT2D eigenvalue weighted by Crippen LogP contribution is -2.15. The van der Waals surface area contributed by atoms with E-state index in [9.17, 15) is 0 Å². The molecule has 5 aliphatic heterocycles. The molecule has 0 unspecified atom stereocenters. The molecule has 0 amide bonds. The van der Waals surface area contributed by atoms with Crippen molar-refractivity contribution >= 4 is 45.5 Å². The van der Waals surface area contributed by atoms with Gasteiger partial charge in [-0.25, -0.2) is 0 Å². The Labute approximate surface area is 268 Å². The van der Waals surface area contributed by atoms with Crippen molar-refractivity contribution in [3.05, 3.63) is 164 Å². The molecule has 0 radical (unpaired) electrons. The number of rotatable bonds is 0. The van der Waals surface area contributed by atoms with E-state index in [-0.39, 0.29) is 0 Å². The van der Waals surface area contributed by atoms with E-state index in [1.54, 1.807) is 0 Å². The molecule has 4 heteroatoms. The third kappa shape index (κ3) is 3.73. The van der Waals surface area contributed by atoms with E-state index in [0.29, 0.717) is 0 Å². The van der Waals surface area contributed by atoms with Crippen LogP contribution >= 0.6 is 0 Å². The number of hydrogen-bond acceptors (Lipinski definition) is 4. The highest BCUT2D eigenvalue weighted by Gasteiger charge is 2.26. The lowest BCUT2D eigenvalue weighted by molar-refractivity contribution is 1.08. The quantitative estimate of drug-likeness (QED) is 0.142. The molecule has 4 N–H and O–H groups in total. The summed E-state index contributed by atoms with van der Waals surface area (Å²) < 4.78 is 0. The maximum absolute atomic E-state index is 3.88. The maximum Gasteiger partial charge on any atom is 0.0662 e. The molecule has 0 aromatic heterocycles. The average molecular weight is 593 g/mol. The Morgan fingerprint density at radius 2 is 0.500 bits per heavy atom. The summed E-state index contributed by atoms with van der Waals surface area (Å²) in [5, 5.41) is 15.5. The molecule has 5 aliphatic rings. The smallest absolute Gasteiger partial charge is 0.0662 e. The van der Waals surface area contributed by atoms with Gasteiger partial charge in [0.15, 0.2) is 0 Å². The summed E-state index contributed by atoms with van der Waals surface area (Å²) in [7, 11) is 0. The molecule has 0 atom stereocenters. The fourth-order valence-corrected chi connectivity index (χ4v) is 8.39. The summed E-state index contributed by atoms with van der Waals surface area (Å²) in [4.78, 5) is 0. The van der Waals surface area contributed by atoms with Gasteiger partial charge in [0, 0.05) is 48.4 Å². The van der Waals surface area contributed by atoms with Crippen LogP contribution in [0.3, 0.4) is 0 Å². The molecule has 220 valence electrons. The lowest BCUT2D eigenvalue weighted by atomic mass is 9.87. The van der Waals surface area contributed by atoms with Gasteiger partial charge in [0.25, 0.3) is 0 Å². The van der Waals surface area contributed by atoms with Gasteiger partial charge >= 0.3 is 0 Å². The zero-order valence-corrected chi connectivity index (χ0v) is 25.5. The molecule has 46 heavy (non-hydrogen) atoms. The number of anilines is 8. The Morgan fingerprint density at radius 1 is 0.261 bits per heavy atom. The molecule has 6 aromatic carbocycles. The van der Waals surface area contributed by atoms with E-state index in [4.69, 9.17) is 0 Å². The largest absolute Gasteiger partial charge is 0.353 e. The highest BCUT2D eigenvalue weighted by atomic mass is 15.0. The van der Waals surface area contributed by atoms with Crippen LogP contribution < -0.4 is 21.3 Å². The van der Waals surface area contributed by atoms with Crippen molar-refractivity contribution in [2.45, 2.75) is 38.5 Å². The van der Waals surface area contributed by atoms with Crippen molar-refractivity contribution in [1.82, 2.24) is 0 Å². The lowest BCUT2D eigenvalue weighted by Gasteiger charge is -2.30. The molecule has 0 saturated carbocycles. The standard InChI is InChI=1S/C42H32N4/c1-5-27-19-31-9-10-32-21-29-7-3-25-14-26-4-8-30-22-34-12-11-33-20-28-6-2-24(16-36(28)44-41(33)42(34)46-38(30)18-26)13-23(1)15-35(27)43-39(31)40(32)45-37(29)17-25/h1-12,15-18,43-46H,13-14,19-22H2. The van der Waals surface area contributed by atoms with Crippen LogP contribution in [0.2, 0.25) is 0 Å². The first-order valence-electron chi connectivity index (χ1n) is 16.5. The Hall–Kier alpha value is -5.48. The zero-order valence-electron chi connectivity index (χ0n) is 25.5. The summed E-state index contributed by atoms with van der Waals surface area (Å²) in [6.07, 6.45) is 5.56. The molecule has 0 spiro atoms. The van der Waals surface area contributed by atoms with Gasteiger partial charge < -0.3 is 21.3 Å². The number of nitrogens with one attached hydrogen (secondary N) is 4. The fraction of sp³-hybridized carbons (Fsp3) is 0.143. The van der Waals surface area contributed by atoms with Crippen molar-refractivity contribution in [3.8, 4) is 0 Å². The topological polar surface area (TPSA) is 48.1 Å². The minimum absolute atomic E-state index is 0.895. The van der Waals surface area contributed by atoms with Crippen LogP contribution in [0.15, 0.2) is 97.1 Å². The first-order chi connectivity index (χ1) is 22.7. The summed E-state index contributed by atoms with van der Waals surface area (Å²) in [6.45, 7) is 0. The molecule has 11 rings (SSSR count). The highest BCUT2D eigenvalue weighted by molar-refractivity contribution is 5.90. The van der Waals surface area contributed by atoms with Gasteiger partial charge in [0.05, 0.1) is 22.7 Å². The fourth-order valence-electron chi connectivity index (χ4n) is 8.39. The minimum Gasteiger partial charge on any atom is -0.353 e. The van der Waals surface area contributed by atoms with Gasteiger partial charge in [-0.05, 0) is 104 Å².